The van der Waals surface area contributed by atoms with Gasteiger partial charge in [0.15, 0.2) is 0 Å². The first-order chi connectivity index (χ1) is 17.7. The van der Waals surface area contributed by atoms with E-state index in [-0.39, 0.29) is 11.1 Å². The highest BCUT2D eigenvalue weighted by molar-refractivity contribution is 5.85. The quantitative estimate of drug-likeness (QED) is 0.174. The van der Waals surface area contributed by atoms with Gasteiger partial charge in [-0.05, 0) is 66.7 Å². The third-order valence-electron chi connectivity index (χ3n) is 7.43. The lowest BCUT2D eigenvalue weighted by Gasteiger charge is -2.29. The summed E-state index contributed by atoms with van der Waals surface area (Å²) in [7, 11) is 0. The lowest BCUT2D eigenvalue weighted by Crippen LogP contribution is -2.13. The molecule has 4 rings (SSSR count). The fraction of sp³-hybridized carbons (Fsp3) is 0.419. The van der Waals surface area contributed by atoms with Crippen LogP contribution in [-0.4, -0.2) is 0 Å². The van der Waals surface area contributed by atoms with E-state index in [4.69, 9.17) is 0 Å². The van der Waals surface area contributed by atoms with Crippen LogP contribution >= 0.6 is 0 Å². The molecule has 1 fully saturated rings. The van der Waals surface area contributed by atoms with E-state index >= 15 is 4.39 Å². The van der Waals surface area contributed by atoms with E-state index in [1.807, 2.05) is 12.1 Å². The maximum absolute atomic E-state index is 15.1. The summed E-state index contributed by atoms with van der Waals surface area (Å²) < 4.78 is 81.1. The molecule has 0 atom stereocenters. The van der Waals surface area contributed by atoms with E-state index in [0.717, 1.165) is 24.1 Å². The largest absolute Gasteiger partial charge is 0.422 e. The number of fused-ring (bicyclic) bond motifs is 1. The van der Waals surface area contributed by atoms with Crippen LogP contribution in [0.15, 0.2) is 42.5 Å². The van der Waals surface area contributed by atoms with Gasteiger partial charge in [-0.1, -0.05) is 75.1 Å². The monoisotopic (exact) mass is 516 g/mol. The molecule has 196 valence electrons. The minimum Gasteiger partial charge on any atom is -0.206 e. The molecule has 0 N–H and O–H groups in total. The molecule has 3 aromatic rings. The molecular weight excluding hydrogens is 486 g/mol. The molecule has 1 aliphatic rings. The zero-order valence-corrected chi connectivity index (χ0v) is 20.8. The molecule has 1 saturated carbocycles. The van der Waals surface area contributed by atoms with Crippen LogP contribution in [0.2, 0.25) is 0 Å². The maximum Gasteiger partial charge on any atom is 0.422 e. The molecule has 0 nitrogen and oxygen atoms in total. The van der Waals surface area contributed by atoms with Crippen molar-refractivity contribution < 1.29 is 26.3 Å². The van der Waals surface area contributed by atoms with Crippen molar-refractivity contribution in [2.75, 3.05) is 0 Å². The van der Waals surface area contributed by atoms with Crippen LogP contribution in [0.3, 0.4) is 0 Å². The zero-order valence-electron chi connectivity index (χ0n) is 20.8. The third kappa shape index (κ3) is 6.50. The number of benzene rings is 3. The molecule has 0 aromatic heterocycles. The Morgan fingerprint density at radius 2 is 1.51 bits per heavy atom. The van der Waals surface area contributed by atoms with Gasteiger partial charge in [-0.3, -0.25) is 0 Å². The Morgan fingerprint density at radius 3 is 2.16 bits per heavy atom. The molecule has 0 heterocycles. The normalized spacial score (nSPS) is 18.0. The molecular formula is C31H30F6. The van der Waals surface area contributed by atoms with Gasteiger partial charge in [0.25, 0.3) is 0 Å². The highest BCUT2D eigenvalue weighted by Crippen LogP contribution is 2.39. The smallest absolute Gasteiger partial charge is 0.206 e. The second-order valence-electron chi connectivity index (χ2n) is 10.0. The topological polar surface area (TPSA) is 0 Å². The van der Waals surface area contributed by atoms with Crippen molar-refractivity contribution in [3.05, 3.63) is 82.2 Å². The second-order valence-corrected chi connectivity index (χ2v) is 10.0. The van der Waals surface area contributed by atoms with Gasteiger partial charge in [-0.2, -0.15) is 13.2 Å². The Balaban J connectivity index is 1.47. The second kappa shape index (κ2) is 11.6. The highest BCUT2D eigenvalue weighted by Gasteiger charge is 2.37. The molecule has 0 spiro atoms. The van der Waals surface area contributed by atoms with Gasteiger partial charge in [-0.15, -0.1) is 0 Å². The van der Waals surface area contributed by atoms with Gasteiger partial charge in [0.2, 0.25) is 0 Å². The van der Waals surface area contributed by atoms with Gasteiger partial charge >= 0.3 is 6.18 Å². The fourth-order valence-electron chi connectivity index (χ4n) is 5.36. The summed E-state index contributed by atoms with van der Waals surface area (Å²) in [6.07, 6.45) is 6.06. The molecule has 3 aromatic carbocycles. The average Bonchev–Trinajstić information content (AvgIpc) is 2.85. The van der Waals surface area contributed by atoms with E-state index in [9.17, 15) is 22.0 Å². The van der Waals surface area contributed by atoms with Crippen molar-refractivity contribution in [1.29, 1.82) is 0 Å². The van der Waals surface area contributed by atoms with Crippen molar-refractivity contribution in [2.45, 2.75) is 76.8 Å². The molecule has 0 aliphatic heterocycles. The first kappa shape index (κ1) is 27.1. The molecule has 1 aliphatic carbocycles. The molecule has 0 unspecified atom stereocenters. The summed E-state index contributed by atoms with van der Waals surface area (Å²) in [6, 6.07) is 9.95. The van der Waals surface area contributed by atoms with Crippen molar-refractivity contribution in [3.63, 3.8) is 0 Å². The van der Waals surface area contributed by atoms with Gasteiger partial charge in [0.05, 0.1) is 5.56 Å². The molecule has 37 heavy (non-hydrogen) atoms. The van der Waals surface area contributed by atoms with E-state index in [2.05, 4.69) is 18.8 Å². The Bertz CT molecular complexity index is 1280. The standard InChI is InChI=1S/C31H30F6/c1-2-3-4-5-6-20-7-10-22(11-8-20)24-15-16-26-25(19-24)14-13-23(30(26)34)12-9-21-17-27(32)29(28(33)18-21)31(35,36)37/h13-20,22H,2-8,10-11H2,1H3. The zero-order chi connectivity index (χ0) is 26.6. The summed E-state index contributed by atoms with van der Waals surface area (Å²) in [6.45, 7) is 2.22. The molecule has 0 saturated heterocycles. The van der Waals surface area contributed by atoms with E-state index in [1.54, 1.807) is 12.1 Å². The lowest BCUT2D eigenvalue weighted by atomic mass is 9.76. The number of unbranched alkanes of at least 4 members (excludes halogenated alkanes) is 3. The van der Waals surface area contributed by atoms with E-state index < -0.39 is 29.2 Å². The van der Waals surface area contributed by atoms with Crippen molar-refractivity contribution in [3.8, 4) is 11.8 Å². The van der Waals surface area contributed by atoms with Crippen LogP contribution in [-0.2, 0) is 6.18 Å². The van der Waals surface area contributed by atoms with Crippen LogP contribution in [0, 0.1) is 35.2 Å². The summed E-state index contributed by atoms with van der Waals surface area (Å²) in [5.41, 5.74) is -1.07. The number of rotatable bonds is 6. The van der Waals surface area contributed by atoms with Gasteiger partial charge in [0.1, 0.15) is 23.0 Å². The van der Waals surface area contributed by atoms with E-state index in [0.29, 0.717) is 23.4 Å². The van der Waals surface area contributed by atoms with Gasteiger partial charge < -0.3 is 0 Å². The van der Waals surface area contributed by atoms with Gasteiger partial charge in [0, 0.05) is 10.9 Å². The summed E-state index contributed by atoms with van der Waals surface area (Å²) >= 11 is 0. The number of hydrogen-bond acceptors (Lipinski definition) is 0. The fourth-order valence-corrected chi connectivity index (χ4v) is 5.36. The summed E-state index contributed by atoms with van der Waals surface area (Å²) in [5.74, 6) is 2.07. The Kier molecular flexibility index (Phi) is 8.52. The Morgan fingerprint density at radius 1 is 0.811 bits per heavy atom. The average molecular weight is 517 g/mol. The summed E-state index contributed by atoms with van der Waals surface area (Å²) in [4.78, 5) is 0. The molecule has 0 bridgehead atoms. The molecule has 0 amide bonds. The molecule has 6 heteroatoms. The Labute approximate surface area is 214 Å². The highest BCUT2D eigenvalue weighted by atomic mass is 19.4. The first-order valence-electron chi connectivity index (χ1n) is 13.0. The summed E-state index contributed by atoms with van der Waals surface area (Å²) in [5, 5.41) is 1.12. The van der Waals surface area contributed by atoms with Crippen LogP contribution in [0.1, 0.15) is 92.9 Å². The van der Waals surface area contributed by atoms with E-state index in [1.165, 1.54) is 56.6 Å². The van der Waals surface area contributed by atoms with Gasteiger partial charge in [-0.25, -0.2) is 13.2 Å². The lowest BCUT2D eigenvalue weighted by molar-refractivity contribution is -0.142. The first-order valence-corrected chi connectivity index (χ1v) is 13.0. The Hall–Kier alpha value is -2.94. The van der Waals surface area contributed by atoms with Crippen molar-refractivity contribution in [1.82, 2.24) is 0 Å². The minimum atomic E-state index is -5.16. The number of alkyl halides is 3. The van der Waals surface area contributed by atoms with Crippen LogP contribution in [0.5, 0.6) is 0 Å². The van der Waals surface area contributed by atoms with Crippen LogP contribution < -0.4 is 0 Å². The predicted molar refractivity (Wildman–Crippen MR) is 135 cm³/mol. The van der Waals surface area contributed by atoms with Crippen LogP contribution in [0.25, 0.3) is 10.8 Å². The SMILES string of the molecule is CCCCCCC1CCC(c2ccc3c(F)c(C#Cc4cc(F)c(C(F)(F)F)c(F)c4)ccc3c2)CC1. The minimum absolute atomic E-state index is 0.00421. The number of halogens is 6. The number of hydrogen-bond donors (Lipinski definition) is 0. The van der Waals surface area contributed by atoms with Crippen molar-refractivity contribution in [2.24, 2.45) is 5.92 Å². The molecule has 0 radical (unpaired) electrons. The third-order valence-corrected chi connectivity index (χ3v) is 7.43. The predicted octanol–water partition coefficient (Wildman–Crippen LogP) is 9.92. The maximum atomic E-state index is 15.1. The van der Waals surface area contributed by atoms with Crippen molar-refractivity contribution >= 4 is 10.8 Å². The van der Waals surface area contributed by atoms with Crippen LogP contribution in [0.4, 0.5) is 26.3 Å².